The monoisotopic (exact) mass is 257 g/mol. The van der Waals surface area contributed by atoms with Crippen LogP contribution in [0.4, 0.5) is 17.6 Å². The van der Waals surface area contributed by atoms with Gasteiger partial charge in [-0.3, -0.25) is 0 Å². The van der Waals surface area contributed by atoms with E-state index >= 15 is 0 Å². The smallest absolute Gasteiger partial charge is 0.322 e. The third-order valence-corrected chi connectivity index (χ3v) is 3.23. The van der Waals surface area contributed by atoms with Gasteiger partial charge in [-0.1, -0.05) is 18.2 Å². The van der Waals surface area contributed by atoms with Crippen LogP contribution < -0.4 is 15.4 Å². The van der Waals surface area contributed by atoms with Gasteiger partial charge in [0, 0.05) is 11.7 Å². The molecule has 1 atom stereocenters. The molecule has 1 unspecified atom stereocenters. The number of nitrogens with zero attached hydrogens (tertiary/aromatic N) is 4. The first-order valence-electron chi connectivity index (χ1n) is 6.11. The standard InChI is InChI=1S/C13H15N5O/c1-8-7-9-5-3-4-6-10(9)18(8)12-15-11(14)16-13(17-12)19-2/h3-6,8H,7H2,1-2H3,(H2,14,15,16,17). The summed E-state index contributed by atoms with van der Waals surface area (Å²) in [7, 11) is 1.51. The molecule has 0 bridgehead atoms. The number of anilines is 3. The first-order valence-corrected chi connectivity index (χ1v) is 6.11. The van der Waals surface area contributed by atoms with Gasteiger partial charge in [0.05, 0.1) is 7.11 Å². The maximum Gasteiger partial charge on any atom is 0.322 e. The van der Waals surface area contributed by atoms with Crippen molar-refractivity contribution in [3.63, 3.8) is 0 Å². The van der Waals surface area contributed by atoms with Crippen molar-refractivity contribution >= 4 is 17.6 Å². The van der Waals surface area contributed by atoms with Crippen molar-refractivity contribution in [3.05, 3.63) is 29.8 Å². The molecule has 2 heterocycles. The van der Waals surface area contributed by atoms with Gasteiger partial charge in [-0.2, -0.15) is 15.0 Å². The average Bonchev–Trinajstić information content (AvgIpc) is 2.73. The van der Waals surface area contributed by atoms with E-state index in [1.54, 1.807) is 0 Å². The molecule has 1 aromatic carbocycles. The van der Waals surface area contributed by atoms with Crippen LogP contribution in [0.15, 0.2) is 24.3 Å². The zero-order valence-electron chi connectivity index (χ0n) is 10.9. The highest BCUT2D eigenvalue weighted by atomic mass is 16.5. The number of nitrogen functional groups attached to an aromatic ring is 1. The Bertz CT molecular complexity index is 616. The van der Waals surface area contributed by atoms with Gasteiger partial charge < -0.3 is 15.4 Å². The molecule has 0 aliphatic carbocycles. The molecule has 1 aliphatic rings. The van der Waals surface area contributed by atoms with Crippen LogP contribution in [-0.2, 0) is 6.42 Å². The molecule has 1 aliphatic heterocycles. The molecule has 6 nitrogen and oxygen atoms in total. The third kappa shape index (κ3) is 1.95. The highest BCUT2D eigenvalue weighted by Crippen LogP contribution is 2.36. The molecular weight excluding hydrogens is 242 g/mol. The molecule has 0 amide bonds. The second-order valence-corrected chi connectivity index (χ2v) is 4.53. The lowest BCUT2D eigenvalue weighted by Crippen LogP contribution is -2.26. The summed E-state index contributed by atoms with van der Waals surface area (Å²) in [5, 5.41) is 0. The van der Waals surface area contributed by atoms with E-state index < -0.39 is 0 Å². The lowest BCUT2D eigenvalue weighted by Gasteiger charge is -2.22. The Morgan fingerprint density at radius 3 is 2.84 bits per heavy atom. The SMILES string of the molecule is COc1nc(N)nc(N2c3ccccc3CC2C)n1. The van der Waals surface area contributed by atoms with Gasteiger partial charge in [-0.05, 0) is 25.0 Å². The summed E-state index contributed by atoms with van der Waals surface area (Å²) in [6, 6.07) is 8.74. The van der Waals surface area contributed by atoms with Gasteiger partial charge in [0.25, 0.3) is 0 Å². The minimum Gasteiger partial charge on any atom is -0.467 e. The van der Waals surface area contributed by atoms with E-state index in [9.17, 15) is 0 Å². The number of methoxy groups -OCH3 is 1. The van der Waals surface area contributed by atoms with E-state index in [1.165, 1.54) is 12.7 Å². The van der Waals surface area contributed by atoms with Crippen LogP contribution >= 0.6 is 0 Å². The van der Waals surface area contributed by atoms with Crippen LogP contribution in [0.5, 0.6) is 6.01 Å². The Labute approximate surface area is 111 Å². The van der Waals surface area contributed by atoms with Crippen LogP contribution in [-0.4, -0.2) is 28.1 Å². The lowest BCUT2D eigenvalue weighted by atomic mass is 10.1. The summed E-state index contributed by atoms with van der Waals surface area (Å²) in [6.07, 6.45) is 0.962. The van der Waals surface area contributed by atoms with Crippen LogP contribution in [0.3, 0.4) is 0 Å². The number of nitrogens with two attached hydrogens (primary N) is 1. The quantitative estimate of drug-likeness (QED) is 0.879. The number of benzene rings is 1. The topological polar surface area (TPSA) is 77.2 Å². The maximum atomic E-state index is 5.70. The van der Waals surface area contributed by atoms with Gasteiger partial charge in [-0.15, -0.1) is 0 Å². The van der Waals surface area contributed by atoms with Gasteiger partial charge in [-0.25, -0.2) is 0 Å². The number of hydrogen-bond donors (Lipinski definition) is 1. The van der Waals surface area contributed by atoms with Crippen LogP contribution in [0, 0.1) is 0 Å². The van der Waals surface area contributed by atoms with Crippen LogP contribution in [0.25, 0.3) is 0 Å². The molecular formula is C13H15N5O. The number of para-hydroxylation sites is 1. The third-order valence-electron chi connectivity index (χ3n) is 3.23. The van der Waals surface area contributed by atoms with E-state index in [2.05, 4.69) is 38.9 Å². The first kappa shape index (κ1) is 11.7. The molecule has 98 valence electrons. The summed E-state index contributed by atoms with van der Waals surface area (Å²) in [5.41, 5.74) is 8.10. The van der Waals surface area contributed by atoms with Crippen molar-refractivity contribution < 1.29 is 4.74 Å². The summed E-state index contributed by atoms with van der Waals surface area (Å²) >= 11 is 0. The molecule has 19 heavy (non-hydrogen) atoms. The summed E-state index contributed by atoms with van der Waals surface area (Å²) in [5.74, 6) is 0.695. The van der Waals surface area contributed by atoms with E-state index in [-0.39, 0.29) is 18.0 Å². The van der Waals surface area contributed by atoms with E-state index in [0.29, 0.717) is 5.95 Å². The van der Waals surface area contributed by atoms with E-state index in [0.717, 1.165) is 12.1 Å². The summed E-state index contributed by atoms with van der Waals surface area (Å²) < 4.78 is 5.05. The van der Waals surface area contributed by atoms with Crippen LogP contribution in [0.2, 0.25) is 0 Å². The zero-order chi connectivity index (χ0) is 13.4. The first-order chi connectivity index (χ1) is 9.19. The molecule has 0 spiro atoms. The minimum absolute atomic E-state index is 0.165. The van der Waals surface area contributed by atoms with E-state index in [4.69, 9.17) is 10.5 Å². The minimum atomic E-state index is 0.165. The highest BCUT2D eigenvalue weighted by Gasteiger charge is 2.29. The summed E-state index contributed by atoms with van der Waals surface area (Å²) in [4.78, 5) is 14.5. The zero-order valence-corrected chi connectivity index (χ0v) is 10.9. The van der Waals surface area contributed by atoms with E-state index in [1.807, 2.05) is 12.1 Å². The van der Waals surface area contributed by atoms with Gasteiger partial charge in [0.1, 0.15) is 0 Å². The van der Waals surface area contributed by atoms with Crippen molar-refractivity contribution in [3.8, 4) is 6.01 Å². The fraction of sp³-hybridized carbons (Fsp3) is 0.308. The van der Waals surface area contributed by atoms with Crippen molar-refractivity contribution in [2.24, 2.45) is 0 Å². The molecule has 3 rings (SSSR count). The van der Waals surface area contributed by atoms with Gasteiger partial charge >= 0.3 is 6.01 Å². The predicted octanol–water partition coefficient (Wildman–Crippen LogP) is 1.55. The highest BCUT2D eigenvalue weighted by molar-refractivity contribution is 5.67. The largest absolute Gasteiger partial charge is 0.467 e. The fourth-order valence-electron chi connectivity index (χ4n) is 2.43. The Morgan fingerprint density at radius 2 is 2.05 bits per heavy atom. The van der Waals surface area contributed by atoms with Crippen molar-refractivity contribution in [2.45, 2.75) is 19.4 Å². The maximum absolute atomic E-state index is 5.70. The molecule has 0 saturated heterocycles. The molecule has 0 fully saturated rings. The number of rotatable bonds is 2. The van der Waals surface area contributed by atoms with Gasteiger partial charge in [0.2, 0.25) is 11.9 Å². The van der Waals surface area contributed by atoms with Crippen molar-refractivity contribution in [1.82, 2.24) is 15.0 Å². The molecule has 1 aromatic heterocycles. The number of aromatic nitrogens is 3. The molecule has 0 radical (unpaired) electrons. The fourth-order valence-corrected chi connectivity index (χ4v) is 2.43. The Hall–Kier alpha value is -2.37. The van der Waals surface area contributed by atoms with Crippen molar-refractivity contribution in [2.75, 3.05) is 17.7 Å². The Balaban J connectivity index is 2.09. The normalized spacial score (nSPS) is 17.4. The average molecular weight is 257 g/mol. The Kier molecular flexibility index (Phi) is 2.70. The van der Waals surface area contributed by atoms with Gasteiger partial charge in [0.15, 0.2) is 0 Å². The number of fused-ring (bicyclic) bond motifs is 1. The van der Waals surface area contributed by atoms with Crippen LogP contribution in [0.1, 0.15) is 12.5 Å². The molecule has 2 aromatic rings. The predicted molar refractivity (Wildman–Crippen MR) is 72.5 cm³/mol. The Morgan fingerprint density at radius 1 is 1.26 bits per heavy atom. The second-order valence-electron chi connectivity index (χ2n) is 4.53. The molecule has 2 N–H and O–H groups in total. The summed E-state index contributed by atoms with van der Waals surface area (Å²) in [6.45, 7) is 2.13. The number of hydrogen-bond acceptors (Lipinski definition) is 6. The molecule has 6 heteroatoms. The second kappa shape index (κ2) is 4.38. The number of ether oxygens (including phenoxy) is 1. The van der Waals surface area contributed by atoms with Crippen molar-refractivity contribution in [1.29, 1.82) is 0 Å². The molecule has 0 saturated carbocycles. The lowest BCUT2D eigenvalue weighted by molar-refractivity contribution is 0.379.